The van der Waals surface area contributed by atoms with Crippen molar-refractivity contribution >= 4 is 32.4 Å². The summed E-state index contributed by atoms with van der Waals surface area (Å²) in [4.78, 5) is 6.70. The fourth-order valence-electron chi connectivity index (χ4n) is 0.994. The number of thiazole rings is 1. The average Bonchev–Trinajstić information content (AvgIpc) is 2.35. The summed E-state index contributed by atoms with van der Waals surface area (Å²) < 4.78 is 1.14. The van der Waals surface area contributed by atoms with E-state index in [2.05, 4.69) is 39.7 Å². The van der Waals surface area contributed by atoms with Gasteiger partial charge in [0.15, 0.2) is 5.13 Å². The van der Waals surface area contributed by atoms with Crippen molar-refractivity contribution in [2.24, 2.45) is 0 Å². The van der Waals surface area contributed by atoms with E-state index in [4.69, 9.17) is 0 Å². The maximum absolute atomic E-state index is 4.45. The number of aromatic nitrogens is 1. The van der Waals surface area contributed by atoms with E-state index < -0.39 is 0 Å². The molecule has 0 spiro atoms. The Morgan fingerprint density at radius 3 is 2.33 bits per heavy atom. The summed E-state index contributed by atoms with van der Waals surface area (Å²) in [5.41, 5.74) is 1.09. The van der Waals surface area contributed by atoms with Crippen LogP contribution in [0.3, 0.4) is 0 Å². The molecule has 0 aliphatic rings. The molecule has 68 valence electrons. The van der Waals surface area contributed by atoms with Gasteiger partial charge in [-0.1, -0.05) is 11.3 Å². The van der Waals surface area contributed by atoms with Gasteiger partial charge in [-0.3, -0.25) is 0 Å². The van der Waals surface area contributed by atoms with Gasteiger partial charge in [-0.15, -0.1) is 0 Å². The topological polar surface area (TPSA) is 16.1 Å². The number of anilines is 1. The highest BCUT2D eigenvalue weighted by Gasteiger charge is 2.08. The van der Waals surface area contributed by atoms with Gasteiger partial charge >= 0.3 is 0 Å². The Morgan fingerprint density at radius 2 is 2.00 bits per heavy atom. The van der Waals surface area contributed by atoms with E-state index in [1.54, 1.807) is 11.3 Å². The molecule has 2 nitrogen and oxygen atoms in total. The van der Waals surface area contributed by atoms with Crippen molar-refractivity contribution in [3.63, 3.8) is 0 Å². The second-order valence-corrected chi connectivity index (χ2v) is 4.82. The Kier molecular flexibility index (Phi) is 3.53. The summed E-state index contributed by atoms with van der Waals surface area (Å²) in [6.45, 7) is 8.36. The number of aryl methyl sites for hydroxylation is 1. The minimum Gasteiger partial charge on any atom is -0.349 e. The molecule has 1 heterocycles. The molecule has 0 atom stereocenters. The predicted molar refractivity (Wildman–Crippen MR) is 58.1 cm³/mol. The van der Waals surface area contributed by atoms with Crippen molar-refractivity contribution in [1.29, 1.82) is 0 Å². The molecule has 0 aliphatic carbocycles. The maximum atomic E-state index is 4.45. The highest BCUT2D eigenvalue weighted by Crippen LogP contribution is 2.29. The number of hydrogen-bond acceptors (Lipinski definition) is 3. The Hall–Kier alpha value is -0.0900. The standard InChI is InChI=1S/C8H13BrN2S/c1-4-11(5-2)8-10-6(3)7(9)12-8/h4-5H2,1-3H3. The molecule has 0 saturated carbocycles. The molecule has 1 aromatic rings. The molecule has 0 N–H and O–H groups in total. The third-order valence-corrected chi connectivity index (χ3v) is 3.83. The van der Waals surface area contributed by atoms with Gasteiger partial charge in [0.05, 0.1) is 9.48 Å². The molecule has 0 radical (unpaired) electrons. The van der Waals surface area contributed by atoms with E-state index in [9.17, 15) is 0 Å². The van der Waals surface area contributed by atoms with E-state index in [1.165, 1.54) is 0 Å². The van der Waals surface area contributed by atoms with Crippen molar-refractivity contribution in [3.05, 3.63) is 9.48 Å². The molecular formula is C8H13BrN2S. The van der Waals surface area contributed by atoms with Crippen LogP contribution in [0.5, 0.6) is 0 Å². The van der Waals surface area contributed by atoms with E-state index >= 15 is 0 Å². The summed E-state index contributed by atoms with van der Waals surface area (Å²) in [6, 6.07) is 0. The number of nitrogens with zero attached hydrogens (tertiary/aromatic N) is 2. The summed E-state index contributed by atoms with van der Waals surface area (Å²) in [5.74, 6) is 0. The first-order valence-corrected chi connectivity index (χ1v) is 5.67. The quantitative estimate of drug-likeness (QED) is 0.818. The van der Waals surface area contributed by atoms with Crippen LogP contribution in [0.15, 0.2) is 3.79 Å². The molecule has 1 rings (SSSR count). The van der Waals surface area contributed by atoms with Crippen molar-refractivity contribution in [3.8, 4) is 0 Å². The lowest BCUT2D eigenvalue weighted by molar-refractivity contribution is 0.857. The first-order chi connectivity index (χ1) is 5.69. The lowest BCUT2D eigenvalue weighted by Crippen LogP contribution is -2.21. The molecule has 0 aliphatic heterocycles. The van der Waals surface area contributed by atoms with Crippen LogP contribution in [0.1, 0.15) is 19.5 Å². The summed E-state index contributed by atoms with van der Waals surface area (Å²) in [7, 11) is 0. The van der Waals surface area contributed by atoms with Crippen molar-refractivity contribution in [2.75, 3.05) is 18.0 Å². The van der Waals surface area contributed by atoms with E-state index in [0.717, 1.165) is 27.7 Å². The van der Waals surface area contributed by atoms with Gasteiger partial charge in [0, 0.05) is 13.1 Å². The van der Waals surface area contributed by atoms with E-state index in [-0.39, 0.29) is 0 Å². The highest BCUT2D eigenvalue weighted by molar-refractivity contribution is 9.11. The van der Waals surface area contributed by atoms with Crippen molar-refractivity contribution in [1.82, 2.24) is 4.98 Å². The van der Waals surface area contributed by atoms with Gasteiger partial charge in [-0.25, -0.2) is 4.98 Å². The third-order valence-electron chi connectivity index (χ3n) is 1.76. The lowest BCUT2D eigenvalue weighted by atomic mass is 10.5. The average molecular weight is 249 g/mol. The molecule has 0 amide bonds. The Morgan fingerprint density at radius 1 is 1.42 bits per heavy atom. The zero-order valence-corrected chi connectivity index (χ0v) is 10.00. The molecular weight excluding hydrogens is 236 g/mol. The molecule has 0 saturated heterocycles. The smallest absolute Gasteiger partial charge is 0.186 e. The molecule has 0 fully saturated rings. The summed E-state index contributed by atoms with van der Waals surface area (Å²) >= 11 is 5.18. The zero-order valence-electron chi connectivity index (χ0n) is 7.59. The summed E-state index contributed by atoms with van der Waals surface area (Å²) in [5, 5.41) is 1.12. The van der Waals surface area contributed by atoms with Crippen LogP contribution in [0.25, 0.3) is 0 Å². The van der Waals surface area contributed by atoms with E-state index in [1.807, 2.05) is 6.92 Å². The number of rotatable bonds is 3. The van der Waals surface area contributed by atoms with Crippen LogP contribution in [0, 0.1) is 6.92 Å². The SMILES string of the molecule is CCN(CC)c1nc(C)c(Br)s1. The first-order valence-electron chi connectivity index (χ1n) is 4.06. The first kappa shape index (κ1) is 9.99. The molecule has 0 bridgehead atoms. The van der Waals surface area contributed by atoms with Crippen molar-refractivity contribution in [2.45, 2.75) is 20.8 Å². The minimum atomic E-state index is 1.02. The number of halogens is 1. The van der Waals surface area contributed by atoms with Crippen LogP contribution in [-0.2, 0) is 0 Å². The van der Waals surface area contributed by atoms with Gasteiger partial charge in [-0.2, -0.15) is 0 Å². The van der Waals surface area contributed by atoms with Crippen LogP contribution in [0.4, 0.5) is 5.13 Å². The van der Waals surface area contributed by atoms with Gasteiger partial charge in [0.2, 0.25) is 0 Å². The maximum Gasteiger partial charge on any atom is 0.186 e. The lowest BCUT2D eigenvalue weighted by Gasteiger charge is -2.16. The Bertz CT molecular complexity index is 236. The van der Waals surface area contributed by atoms with Gasteiger partial charge in [-0.05, 0) is 36.7 Å². The third kappa shape index (κ3) is 1.98. The second-order valence-electron chi connectivity index (χ2n) is 2.53. The predicted octanol–water partition coefficient (Wildman–Crippen LogP) is 3.06. The Balaban J connectivity index is 2.86. The minimum absolute atomic E-state index is 1.02. The molecule has 12 heavy (non-hydrogen) atoms. The van der Waals surface area contributed by atoms with Crippen LogP contribution in [0.2, 0.25) is 0 Å². The van der Waals surface area contributed by atoms with Gasteiger partial charge < -0.3 is 4.90 Å². The fourth-order valence-corrected chi connectivity index (χ4v) is 2.44. The van der Waals surface area contributed by atoms with Crippen LogP contribution >= 0.6 is 27.3 Å². The monoisotopic (exact) mass is 248 g/mol. The molecule has 0 aromatic carbocycles. The largest absolute Gasteiger partial charge is 0.349 e. The van der Waals surface area contributed by atoms with E-state index in [0.29, 0.717) is 0 Å². The summed E-state index contributed by atoms with van der Waals surface area (Å²) in [6.07, 6.45) is 0. The molecule has 4 heteroatoms. The normalized spacial score (nSPS) is 10.3. The van der Waals surface area contributed by atoms with Gasteiger partial charge in [0.25, 0.3) is 0 Å². The highest BCUT2D eigenvalue weighted by atomic mass is 79.9. The van der Waals surface area contributed by atoms with Crippen LogP contribution in [-0.4, -0.2) is 18.1 Å². The molecule has 1 aromatic heterocycles. The molecule has 0 unspecified atom stereocenters. The zero-order chi connectivity index (χ0) is 9.14. The number of hydrogen-bond donors (Lipinski definition) is 0. The second kappa shape index (κ2) is 4.23. The Labute approximate surface area is 85.7 Å². The van der Waals surface area contributed by atoms with Crippen LogP contribution < -0.4 is 4.90 Å². The van der Waals surface area contributed by atoms with Crippen molar-refractivity contribution < 1.29 is 0 Å². The fraction of sp³-hybridized carbons (Fsp3) is 0.625. The van der Waals surface area contributed by atoms with Gasteiger partial charge in [0.1, 0.15) is 0 Å².